The molecule has 0 aliphatic heterocycles. The number of rotatable bonds is 10. The Labute approximate surface area is 179 Å². The number of aryl methyl sites for hydroxylation is 1. The Bertz CT molecular complexity index is 821. The van der Waals surface area contributed by atoms with Gasteiger partial charge in [0.1, 0.15) is 11.6 Å². The highest BCUT2D eigenvalue weighted by molar-refractivity contribution is 9.10. The van der Waals surface area contributed by atoms with E-state index < -0.39 is 0 Å². The number of hydrogen-bond donors (Lipinski definition) is 1. The smallest absolute Gasteiger partial charge is 0.244 e. The van der Waals surface area contributed by atoms with Gasteiger partial charge in [0, 0.05) is 35.6 Å². The van der Waals surface area contributed by atoms with E-state index in [0.29, 0.717) is 12.5 Å². The lowest BCUT2D eigenvalue weighted by atomic mass is 10.2. The third-order valence-electron chi connectivity index (χ3n) is 4.01. The lowest BCUT2D eigenvalue weighted by Gasteiger charge is -2.11. The fourth-order valence-corrected chi connectivity index (χ4v) is 3.62. The molecular formula is C20H27BrN4O2S. The van der Waals surface area contributed by atoms with Gasteiger partial charge in [-0.15, -0.1) is 10.2 Å². The molecule has 0 bridgehead atoms. The minimum atomic E-state index is -0.129. The van der Waals surface area contributed by atoms with Crippen molar-refractivity contribution in [2.75, 3.05) is 19.9 Å². The number of carbonyl (C=O) groups is 1. The molecule has 0 aliphatic carbocycles. The molecular weight excluding hydrogens is 440 g/mol. The Kier molecular flexibility index (Phi) is 9.05. The van der Waals surface area contributed by atoms with Crippen LogP contribution in [0.3, 0.4) is 0 Å². The van der Waals surface area contributed by atoms with Crippen molar-refractivity contribution in [2.24, 2.45) is 5.92 Å². The van der Waals surface area contributed by atoms with E-state index in [4.69, 9.17) is 4.74 Å². The average Bonchev–Trinajstić information content (AvgIpc) is 3.04. The quantitative estimate of drug-likeness (QED) is 0.323. The Hall–Kier alpha value is -1.80. The fraction of sp³-hybridized carbons (Fsp3) is 0.450. The summed E-state index contributed by atoms with van der Waals surface area (Å²) in [5.74, 6) is 2.10. The van der Waals surface area contributed by atoms with E-state index in [9.17, 15) is 4.79 Å². The van der Waals surface area contributed by atoms with Gasteiger partial charge in [-0.25, -0.2) is 0 Å². The Morgan fingerprint density at radius 1 is 1.39 bits per heavy atom. The topological polar surface area (TPSA) is 69.0 Å². The largest absolute Gasteiger partial charge is 0.496 e. The second-order valence-corrected chi connectivity index (χ2v) is 8.41. The Morgan fingerprint density at radius 3 is 2.86 bits per heavy atom. The summed E-state index contributed by atoms with van der Waals surface area (Å²) in [5.41, 5.74) is 0.846. The zero-order chi connectivity index (χ0) is 20.5. The zero-order valence-electron chi connectivity index (χ0n) is 16.7. The van der Waals surface area contributed by atoms with E-state index in [1.807, 2.05) is 24.5 Å². The van der Waals surface area contributed by atoms with Gasteiger partial charge in [-0.05, 0) is 42.9 Å². The number of hydrogen-bond acceptors (Lipinski definition) is 5. The highest BCUT2D eigenvalue weighted by Crippen LogP contribution is 2.24. The molecule has 0 saturated carbocycles. The maximum atomic E-state index is 12.1. The monoisotopic (exact) mass is 466 g/mol. The first kappa shape index (κ1) is 22.5. The molecule has 152 valence electrons. The molecule has 1 heterocycles. The Morgan fingerprint density at radius 2 is 2.18 bits per heavy atom. The first-order valence-corrected chi connectivity index (χ1v) is 11.2. The third-order valence-corrected chi connectivity index (χ3v) is 5.17. The fourth-order valence-electron chi connectivity index (χ4n) is 2.72. The summed E-state index contributed by atoms with van der Waals surface area (Å²) in [6.45, 7) is 5.85. The molecule has 0 radical (unpaired) electrons. The van der Waals surface area contributed by atoms with Crippen LogP contribution in [-0.4, -0.2) is 40.6 Å². The van der Waals surface area contributed by atoms with Crippen molar-refractivity contribution >= 4 is 39.7 Å². The third kappa shape index (κ3) is 6.67. The number of nitrogens with zero attached hydrogens (tertiary/aromatic N) is 3. The number of methoxy groups -OCH3 is 1. The average molecular weight is 467 g/mol. The van der Waals surface area contributed by atoms with Crippen molar-refractivity contribution in [1.82, 2.24) is 20.1 Å². The summed E-state index contributed by atoms with van der Waals surface area (Å²) in [4.78, 5) is 12.1. The van der Waals surface area contributed by atoms with Gasteiger partial charge in [-0.1, -0.05) is 41.5 Å². The van der Waals surface area contributed by atoms with Crippen LogP contribution in [0.5, 0.6) is 5.75 Å². The van der Waals surface area contributed by atoms with E-state index in [2.05, 4.69) is 49.9 Å². The number of benzene rings is 1. The van der Waals surface area contributed by atoms with E-state index in [-0.39, 0.29) is 5.91 Å². The van der Waals surface area contributed by atoms with Gasteiger partial charge in [-0.3, -0.25) is 4.79 Å². The van der Waals surface area contributed by atoms with Crippen LogP contribution in [0.15, 0.2) is 33.9 Å². The van der Waals surface area contributed by atoms with Crippen LogP contribution < -0.4 is 10.1 Å². The molecule has 0 aliphatic rings. The van der Waals surface area contributed by atoms with Gasteiger partial charge in [-0.2, -0.15) is 0 Å². The lowest BCUT2D eigenvalue weighted by molar-refractivity contribution is -0.116. The first-order valence-electron chi connectivity index (χ1n) is 9.20. The number of aromatic nitrogens is 3. The number of halogens is 1. The number of carbonyl (C=O) groups excluding carboxylic acids is 1. The maximum absolute atomic E-state index is 12.1. The van der Waals surface area contributed by atoms with Gasteiger partial charge < -0.3 is 14.6 Å². The highest BCUT2D eigenvalue weighted by atomic mass is 79.9. The number of nitrogens with one attached hydrogen (secondary N) is 1. The highest BCUT2D eigenvalue weighted by Gasteiger charge is 2.12. The lowest BCUT2D eigenvalue weighted by Crippen LogP contribution is -2.23. The van der Waals surface area contributed by atoms with E-state index in [0.717, 1.165) is 46.2 Å². The molecule has 2 aromatic rings. The van der Waals surface area contributed by atoms with Crippen LogP contribution in [0, 0.1) is 5.92 Å². The van der Waals surface area contributed by atoms with E-state index in [1.165, 1.54) is 6.08 Å². The SMILES string of the molecule is COc1ccc(Br)cc1C=CC(=O)NCCCc1nnc(SC)n1CC(C)C. The summed E-state index contributed by atoms with van der Waals surface area (Å²) in [7, 11) is 1.61. The van der Waals surface area contributed by atoms with Crippen LogP contribution in [0.2, 0.25) is 0 Å². The molecule has 28 heavy (non-hydrogen) atoms. The summed E-state index contributed by atoms with van der Waals surface area (Å²) in [6, 6.07) is 5.67. The number of amides is 1. The van der Waals surface area contributed by atoms with Gasteiger partial charge in [0.25, 0.3) is 0 Å². The number of ether oxygens (including phenoxy) is 1. The maximum Gasteiger partial charge on any atom is 0.244 e. The normalized spacial score (nSPS) is 11.4. The van der Waals surface area contributed by atoms with Crippen LogP contribution in [-0.2, 0) is 17.8 Å². The molecule has 0 fully saturated rings. The second-order valence-electron chi connectivity index (χ2n) is 6.72. The minimum Gasteiger partial charge on any atom is -0.496 e. The molecule has 8 heteroatoms. The predicted molar refractivity (Wildman–Crippen MR) is 118 cm³/mol. The summed E-state index contributed by atoms with van der Waals surface area (Å²) in [5, 5.41) is 12.4. The Balaban J connectivity index is 1.85. The molecule has 0 atom stereocenters. The molecule has 1 N–H and O–H groups in total. The molecule has 0 saturated heterocycles. The van der Waals surface area contributed by atoms with Crippen molar-refractivity contribution in [3.8, 4) is 5.75 Å². The van der Waals surface area contributed by atoms with Gasteiger partial charge in [0.15, 0.2) is 5.16 Å². The minimum absolute atomic E-state index is 0.129. The van der Waals surface area contributed by atoms with Crippen LogP contribution in [0.1, 0.15) is 31.7 Å². The van der Waals surface area contributed by atoms with Gasteiger partial charge >= 0.3 is 0 Å². The van der Waals surface area contributed by atoms with Gasteiger partial charge in [0.05, 0.1) is 7.11 Å². The molecule has 1 amide bonds. The van der Waals surface area contributed by atoms with Crippen LogP contribution in [0.4, 0.5) is 0 Å². The van der Waals surface area contributed by atoms with Crippen molar-refractivity contribution in [3.63, 3.8) is 0 Å². The van der Waals surface area contributed by atoms with Gasteiger partial charge in [0.2, 0.25) is 5.91 Å². The van der Waals surface area contributed by atoms with E-state index >= 15 is 0 Å². The molecule has 1 aromatic carbocycles. The molecule has 0 unspecified atom stereocenters. The molecule has 0 spiro atoms. The van der Waals surface area contributed by atoms with Crippen molar-refractivity contribution in [3.05, 3.63) is 40.1 Å². The first-order chi connectivity index (χ1) is 13.4. The van der Waals surface area contributed by atoms with Crippen molar-refractivity contribution in [1.29, 1.82) is 0 Å². The number of thioether (sulfide) groups is 1. The van der Waals surface area contributed by atoms with Crippen molar-refractivity contribution in [2.45, 2.75) is 38.4 Å². The predicted octanol–water partition coefficient (Wildman–Crippen LogP) is 4.19. The van der Waals surface area contributed by atoms with E-state index in [1.54, 1.807) is 24.9 Å². The summed E-state index contributed by atoms with van der Waals surface area (Å²) in [6.07, 6.45) is 6.88. The van der Waals surface area contributed by atoms with Crippen LogP contribution in [0.25, 0.3) is 6.08 Å². The zero-order valence-corrected chi connectivity index (χ0v) is 19.1. The summed E-state index contributed by atoms with van der Waals surface area (Å²) < 4.78 is 8.42. The molecule has 6 nitrogen and oxygen atoms in total. The summed E-state index contributed by atoms with van der Waals surface area (Å²) >= 11 is 5.04. The van der Waals surface area contributed by atoms with Crippen molar-refractivity contribution < 1.29 is 9.53 Å². The standard InChI is InChI=1S/C20H27BrN4O2S/c1-14(2)13-25-18(23-24-20(25)28-4)6-5-11-22-19(26)10-7-15-12-16(21)8-9-17(15)27-3/h7-10,12,14H,5-6,11,13H2,1-4H3,(H,22,26). The van der Waals surface area contributed by atoms with Crippen LogP contribution >= 0.6 is 27.7 Å². The second kappa shape index (κ2) is 11.3. The molecule has 2 rings (SSSR count). The molecule has 1 aromatic heterocycles.